The van der Waals surface area contributed by atoms with Gasteiger partial charge in [0.1, 0.15) is 0 Å². The Bertz CT molecular complexity index is 815. The van der Waals surface area contributed by atoms with Gasteiger partial charge in [-0.25, -0.2) is 0 Å². The summed E-state index contributed by atoms with van der Waals surface area (Å²) < 4.78 is 7.33. The second-order valence-electron chi connectivity index (χ2n) is 5.52. The first-order valence-electron chi connectivity index (χ1n) is 8.13. The van der Waals surface area contributed by atoms with E-state index in [9.17, 15) is 4.79 Å². The Morgan fingerprint density at radius 2 is 2.04 bits per heavy atom. The number of nitrogens with one attached hydrogen (secondary N) is 1. The van der Waals surface area contributed by atoms with Gasteiger partial charge in [-0.05, 0) is 31.5 Å². The average molecular weight is 356 g/mol. The SMILES string of the molecule is CCn1c(SCC(=O)N[C@@H](C)c2ccccc2)nnc1-c1ccco1. The van der Waals surface area contributed by atoms with Crippen molar-refractivity contribution in [2.75, 3.05) is 5.75 Å². The molecule has 0 aliphatic carbocycles. The molecule has 3 rings (SSSR count). The maximum absolute atomic E-state index is 12.2. The summed E-state index contributed by atoms with van der Waals surface area (Å²) in [7, 11) is 0. The number of nitrogens with zero attached hydrogens (tertiary/aromatic N) is 3. The van der Waals surface area contributed by atoms with Gasteiger partial charge in [-0.3, -0.25) is 9.36 Å². The average Bonchev–Trinajstić information content (AvgIpc) is 3.29. The summed E-state index contributed by atoms with van der Waals surface area (Å²) in [5.74, 6) is 1.59. The first-order chi connectivity index (χ1) is 12.2. The molecule has 2 heterocycles. The minimum atomic E-state index is -0.0356. The predicted octanol–water partition coefficient (Wildman–Crippen LogP) is 3.53. The van der Waals surface area contributed by atoms with Crippen LogP contribution in [0.25, 0.3) is 11.6 Å². The summed E-state index contributed by atoms with van der Waals surface area (Å²) in [5.41, 5.74) is 1.08. The third-order valence-corrected chi connectivity index (χ3v) is 4.75. The molecule has 1 aromatic carbocycles. The van der Waals surface area contributed by atoms with Crippen molar-refractivity contribution < 1.29 is 9.21 Å². The molecular weight excluding hydrogens is 336 g/mol. The molecule has 6 nitrogen and oxygen atoms in total. The van der Waals surface area contributed by atoms with Gasteiger partial charge in [0.15, 0.2) is 16.7 Å². The van der Waals surface area contributed by atoms with E-state index in [2.05, 4.69) is 15.5 Å². The largest absolute Gasteiger partial charge is 0.461 e. The fourth-order valence-electron chi connectivity index (χ4n) is 2.51. The van der Waals surface area contributed by atoms with Crippen molar-refractivity contribution in [2.24, 2.45) is 0 Å². The van der Waals surface area contributed by atoms with Crippen molar-refractivity contribution in [3.8, 4) is 11.6 Å². The molecule has 25 heavy (non-hydrogen) atoms. The summed E-state index contributed by atoms with van der Waals surface area (Å²) in [6, 6.07) is 13.5. The van der Waals surface area contributed by atoms with Crippen molar-refractivity contribution in [1.82, 2.24) is 20.1 Å². The number of aromatic nitrogens is 3. The molecule has 3 aromatic rings. The molecule has 1 amide bonds. The molecular formula is C18H20N4O2S. The zero-order valence-corrected chi connectivity index (χ0v) is 15.0. The molecule has 1 atom stereocenters. The zero-order valence-electron chi connectivity index (χ0n) is 14.2. The van der Waals surface area contributed by atoms with Crippen molar-refractivity contribution >= 4 is 17.7 Å². The second kappa shape index (κ2) is 8.02. The van der Waals surface area contributed by atoms with Crippen LogP contribution < -0.4 is 5.32 Å². The van der Waals surface area contributed by atoms with Gasteiger partial charge in [-0.2, -0.15) is 0 Å². The number of thioether (sulfide) groups is 1. The van der Waals surface area contributed by atoms with E-state index >= 15 is 0 Å². The van der Waals surface area contributed by atoms with Crippen molar-refractivity contribution in [3.05, 3.63) is 54.3 Å². The molecule has 0 fully saturated rings. The van der Waals surface area contributed by atoms with Crippen LogP contribution in [0.4, 0.5) is 0 Å². The van der Waals surface area contributed by atoms with Crippen LogP contribution in [0, 0.1) is 0 Å². The zero-order chi connectivity index (χ0) is 17.6. The quantitative estimate of drug-likeness (QED) is 0.656. The summed E-state index contributed by atoms with van der Waals surface area (Å²) >= 11 is 1.37. The van der Waals surface area contributed by atoms with E-state index in [0.717, 1.165) is 5.56 Å². The molecule has 0 bridgehead atoms. The van der Waals surface area contributed by atoms with Crippen molar-refractivity contribution in [2.45, 2.75) is 31.6 Å². The predicted molar refractivity (Wildman–Crippen MR) is 97.1 cm³/mol. The fraction of sp³-hybridized carbons (Fsp3) is 0.278. The molecule has 0 aliphatic heterocycles. The highest BCUT2D eigenvalue weighted by Crippen LogP contribution is 2.24. The van der Waals surface area contributed by atoms with Gasteiger partial charge in [0.05, 0.1) is 18.1 Å². The van der Waals surface area contributed by atoms with Crippen molar-refractivity contribution in [3.63, 3.8) is 0 Å². The Kier molecular flexibility index (Phi) is 5.55. The van der Waals surface area contributed by atoms with Gasteiger partial charge in [0.2, 0.25) is 5.91 Å². The van der Waals surface area contributed by atoms with E-state index in [1.54, 1.807) is 6.26 Å². The van der Waals surface area contributed by atoms with E-state index in [1.165, 1.54) is 11.8 Å². The molecule has 1 N–H and O–H groups in total. The number of carbonyl (C=O) groups excluding carboxylic acids is 1. The highest BCUT2D eigenvalue weighted by molar-refractivity contribution is 7.99. The van der Waals surface area contributed by atoms with E-state index in [1.807, 2.05) is 60.9 Å². The fourth-order valence-corrected chi connectivity index (χ4v) is 3.32. The van der Waals surface area contributed by atoms with E-state index in [4.69, 9.17) is 4.42 Å². The normalized spacial score (nSPS) is 12.1. The summed E-state index contributed by atoms with van der Waals surface area (Å²) in [5, 5.41) is 12.1. The Hall–Kier alpha value is -2.54. The summed E-state index contributed by atoms with van der Waals surface area (Å²) in [4.78, 5) is 12.2. The van der Waals surface area contributed by atoms with Crippen LogP contribution in [0.15, 0.2) is 58.3 Å². The van der Waals surface area contributed by atoms with Crippen LogP contribution in [-0.2, 0) is 11.3 Å². The lowest BCUT2D eigenvalue weighted by Crippen LogP contribution is -2.28. The number of hydrogen-bond acceptors (Lipinski definition) is 5. The lowest BCUT2D eigenvalue weighted by molar-refractivity contribution is -0.119. The number of carbonyl (C=O) groups is 1. The van der Waals surface area contributed by atoms with Crippen LogP contribution in [0.2, 0.25) is 0 Å². The Morgan fingerprint density at radius 1 is 1.24 bits per heavy atom. The Labute approximate surface area is 150 Å². The maximum Gasteiger partial charge on any atom is 0.230 e. The van der Waals surface area contributed by atoms with Crippen molar-refractivity contribution in [1.29, 1.82) is 0 Å². The Morgan fingerprint density at radius 3 is 2.72 bits per heavy atom. The molecule has 130 valence electrons. The van der Waals surface area contributed by atoms with E-state index < -0.39 is 0 Å². The molecule has 7 heteroatoms. The minimum Gasteiger partial charge on any atom is -0.461 e. The third-order valence-electron chi connectivity index (χ3n) is 3.78. The lowest BCUT2D eigenvalue weighted by atomic mass is 10.1. The number of benzene rings is 1. The van der Waals surface area contributed by atoms with Gasteiger partial charge in [0.25, 0.3) is 0 Å². The summed E-state index contributed by atoms with van der Waals surface area (Å²) in [6.07, 6.45) is 1.61. The van der Waals surface area contributed by atoms with Crippen LogP contribution in [-0.4, -0.2) is 26.4 Å². The smallest absolute Gasteiger partial charge is 0.230 e. The van der Waals surface area contributed by atoms with Gasteiger partial charge < -0.3 is 9.73 Å². The van der Waals surface area contributed by atoms with Crippen LogP contribution >= 0.6 is 11.8 Å². The van der Waals surface area contributed by atoms with E-state index in [-0.39, 0.29) is 17.7 Å². The molecule has 0 saturated carbocycles. The third kappa shape index (κ3) is 4.11. The topological polar surface area (TPSA) is 73.0 Å². The number of rotatable bonds is 7. The number of amides is 1. The lowest BCUT2D eigenvalue weighted by Gasteiger charge is -2.14. The van der Waals surface area contributed by atoms with Crippen LogP contribution in [0.3, 0.4) is 0 Å². The van der Waals surface area contributed by atoms with E-state index in [0.29, 0.717) is 23.3 Å². The summed E-state index contributed by atoms with van der Waals surface area (Å²) in [6.45, 7) is 4.69. The molecule has 0 spiro atoms. The molecule has 2 aromatic heterocycles. The molecule has 0 radical (unpaired) electrons. The monoisotopic (exact) mass is 356 g/mol. The Balaban J connectivity index is 1.61. The molecule has 0 unspecified atom stereocenters. The highest BCUT2D eigenvalue weighted by atomic mass is 32.2. The highest BCUT2D eigenvalue weighted by Gasteiger charge is 2.17. The second-order valence-corrected chi connectivity index (χ2v) is 6.46. The first-order valence-corrected chi connectivity index (χ1v) is 9.11. The minimum absolute atomic E-state index is 0.0305. The van der Waals surface area contributed by atoms with Gasteiger partial charge in [-0.1, -0.05) is 42.1 Å². The molecule has 0 aliphatic rings. The number of hydrogen-bond donors (Lipinski definition) is 1. The first kappa shape index (κ1) is 17.3. The number of furan rings is 1. The maximum atomic E-state index is 12.2. The van der Waals surface area contributed by atoms with Gasteiger partial charge in [0, 0.05) is 6.54 Å². The van der Waals surface area contributed by atoms with Crippen LogP contribution in [0.5, 0.6) is 0 Å². The molecule has 0 saturated heterocycles. The van der Waals surface area contributed by atoms with Gasteiger partial charge in [-0.15, -0.1) is 10.2 Å². The standard InChI is InChI=1S/C18H20N4O2S/c1-3-22-17(15-10-7-11-24-15)20-21-18(22)25-12-16(23)19-13(2)14-8-5-4-6-9-14/h4-11,13H,3,12H2,1-2H3,(H,19,23)/t13-/m0/s1. The van der Waals surface area contributed by atoms with Crippen LogP contribution in [0.1, 0.15) is 25.5 Å². The van der Waals surface area contributed by atoms with Gasteiger partial charge >= 0.3 is 0 Å².